The van der Waals surface area contributed by atoms with E-state index in [1.807, 2.05) is 0 Å². The van der Waals surface area contributed by atoms with Gasteiger partial charge in [-0.15, -0.1) is 0 Å². The molecule has 0 unspecified atom stereocenters. The second-order valence-electron chi connectivity index (χ2n) is 4.41. The number of phenolic OH excluding ortho intramolecular Hbond substituents is 2. The molecule has 5 heteroatoms. The van der Waals surface area contributed by atoms with Gasteiger partial charge in [0.15, 0.2) is 0 Å². The van der Waals surface area contributed by atoms with Gasteiger partial charge in [0, 0.05) is 0 Å². The van der Waals surface area contributed by atoms with Gasteiger partial charge < -0.3 is 10.2 Å². The summed E-state index contributed by atoms with van der Waals surface area (Å²) >= 11 is 0. The van der Waals surface area contributed by atoms with E-state index in [9.17, 15) is 18.6 Å². The molecule has 0 amide bonds. The summed E-state index contributed by atoms with van der Waals surface area (Å²) in [6.45, 7) is 3.28. The number of aromatic hydroxyl groups is 2. The number of benzene rings is 2. The highest BCUT2D eigenvalue weighted by atomic mass is 32.2. The van der Waals surface area contributed by atoms with Crippen LogP contribution < -0.4 is 0 Å². The Hall–Kier alpha value is -2.01. The van der Waals surface area contributed by atoms with E-state index >= 15 is 0 Å². The van der Waals surface area contributed by atoms with Crippen molar-refractivity contribution in [1.82, 2.24) is 0 Å². The molecule has 0 radical (unpaired) electrons. The predicted molar refractivity (Wildman–Crippen MR) is 71.1 cm³/mol. The van der Waals surface area contributed by atoms with Crippen LogP contribution in [0.1, 0.15) is 11.1 Å². The Morgan fingerprint density at radius 2 is 1.32 bits per heavy atom. The average Bonchev–Trinajstić information content (AvgIpc) is 2.27. The zero-order valence-electron chi connectivity index (χ0n) is 10.6. The van der Waals surface area contributed by atoms with Crippen LogP contribution in [0, 0.1) is 13.8 Å². The standard InChI is InChI=1S/C14H14O4S/c1-9-7-12(16)8-10(2)14(9)19(17,18)13-5-3-11(15)4-6-13/h3-8,15-16H,1-2H3. The van der Waals surface area contributed by atoms with Crippen LogP contribution in [0.4, 0.5) is 0 Å². The first-order chi connectivity index (χ1) is 8.82. The number of sulfone groups is 1. The van der Waals surface area contributed by atoms with Crippen LogP contribution >= 0.6 is 0 Å². The molecule has 100 valence electrons. The molecular formula is C14H14O4S. The normalized spacial score (nSPS) is 11.5. The lowest BCUT2D eigenvalue weighted by atomic mass is 10.1. The Kier molecular flexibility index (Phi) is 3.24. The lowest BCUT2D eigenvalue weighted by molar-refractivity contribution is 0.473. The quantitative estimate of drug-likeness (QED) is 0.885. The van der Waals surface area contributed by atoms with Crippen LogP contribution in [-0.4, -0.2) is 18.6 Å². The van der Waals surface area contributed by atoms with E-state index in [0.717, 1.165) is 0 Å². The number of aryl methyl sites for hydroxylation is 2. The first kappa shape index (κ1) is 13.4. The van der Waals surface area contributed by atoms with E-state index in [4.69, 9.17) is 0 Å². The maximum atomic E-state index is 12.5. The van der Waals surface area contributed by atoms with Crippen molar-refractivity contribution in [1.29, 1.82) is 0 Å². The van der Waals surface area contributed by atoms with Crippen molar-refractivity contribution in [3.05, 3.63) is 47.5 Å². The van der Waals surface area contributed by atoms with Gasteiger partial charge in [0.1, 0.15) is 11.5 Å². The monoisotopic (exact) mass is 278 g/mol. The van der Waals surface area contributed by atoms with E-state index in [-0.39, 0.29) is 21.3 Å². The van der Waals surface area contributed by atoms with E-state index < -0.39 is 9.84 Å². The Balaban J connectivity index is 2.67. The molecule has 4 nitrogen and oxygen atoms in total. The fourth-order valence-corrected chi connectivity index (χ4v) is 3.79. The summed E-state index contributed by atoms with van der Waals surface area (Å²) in [6, 6.07) is 8.21. The van der Waals surface area contributed by atoms with Crippen molar-refractivity contribution in [2.45, 2.75) is 23.6 Å². The lowest BCUT2D eigenvalue weighted by Crippen LogP contribution is -2.06. The molecular weight excluding hydrogens is 264 g/mol. The SMILES string of the molecule is Cc1cc(O)cc(C)c1S(=O)(=O)c1ccc(O)cc1. The van der Waals surface area contributed by atoms with Crippen LogP contribution in [0.3, 0.4) is 0 Å². The minimum absolute atomic E-state index is 0.0121. The first-order valence-corrected chi connectivity index (χ1v) is 7.15. The third-order valence-corrected chi connectivity index (χ3v) is 4.94. The maximum absolute atomic E-state index is 12.5. The van der Waals surface area contributed by atoms with Crippen LogP contribution in [-0.2, 0) is 9.84 Å². The molecule has 0 spiro atoms. The van der Waals surface area contributed by atoms with Gasteiger partial charge in [0.2, 0.25) is 9.84 Å². The molecule has 2 aromatic rings. The topological polar surface area (TPSA) is 74.6 Å². The van der Waals surface area contributed by atoms with Gasteiger partial charge in [-0.25, -0.2) is 8.42 Å². The van der Waals surface area contributed by atoms with E-state index in [1.165, 1.54) is 36.4 Å². The summed E-state index contributed by atoms with van der Waals surface area (Å²) in [4.78, 5) is 0.304. The number of phenols is 2. The summed E-state index contributed by atoms with van der Waals surface area (Å²) in [5.41, 5.74) is 0.983. The maximum Gasteiger partial charge on any atom is 0.207 e. The summed E-state index contributed by atoms with van der Waals surface area (Å²) in [5, 5.41) is 18.7. The number of rotatable bonds is 2. The molecule has 0 atom stereocenters. The minimum Gasteiger partial charge on any atom is -0.508 e. The fourth-order valence-electron chi connectivity index (χ4n) is 2.09. The van der Waals surface area contributed by atoms with Gasteiger partial charge in [0.05, 0.1) is 9.79 Å². The van der Waals surface area contributed by atoms with Gasteiger partial charge in [-0.3, -0.25) is 0 Å². The Morgan fingerprint density at radius 3 is 1.79 bits per heavy atom. The van der Waals surface area contributed by atoms with Crippen molar-refractivity contribution in [2.24, 2.45) is 0 Å². The van der Waals surface area contributed by atoms with E-state index in [0.29, 0.717) is 11.1 Å². The highest BCUT2D eigenvalue weighted by molar-refractivity contribution is 7.91. The van der Waals surface area contributed by atoms with E-state index in [1.54, 1.807) is 13.8 Å². The highest BCUT2D eigenvalue weighted by Gasteiger charge is 2.22. The summed E-state index contributed by atoms with van der Waals surface area (Å²) in [6.07, 6.45) is 0. The molecule has 0 aliphatic carbocycles. The Labute approximate surface area is 111 Å². The molecule has 2 rings (SSSR count). The van der Waals surface area contributed by atoms with Crippen molar-refractivity contribution in [2.75, 3.05) is 0 Å². The molecule has 0 aliphatic heterocycles. The van der Waals surface area contributed by atoms with Crippen LogP contribution in [0.2, 0.25) is 0 Å². The van der Waals surface area contributed by atoms with Gasteiger partial charge in [-0.1, -0.05) is 0 Å². The average molecular weight is 278 g/mol. The van der Waals surface area contributed by atoms with Crippen LogP contribution in [0.25, 0.3) is 0 Å². The summed E-state index contributed by atoms with van der Waals surface area (Å²) < 4.78 is 25.1. The van der Waals surface area contributed by atoms with Gasteiger partial charge >= 0.3 is 0 Å². The molecule has 0 aliphatic rings. The third kappa shape index (κ3) is 2.42. The van der Waals surface area contributed by atoms with Crippen molar-refractivity contribution in [3.63, 3.8) is 0 Å². The molecule has 0 aromatic heterocycles. The van der Waals surface area contributed by atoms with Crippen LogP contribution in [0.15, 0.2) is 46.2 Å². The largest absolute Gasteiger partial charge is 0.508 e. The number of hydrogen-bond donors (Lipinski definition) is 2. The second-order valence-corrected chi connectivity index (χ2v) is 6.29. The minimum atomic E-state index is -3.66. The van der Waals surface area contributed by atoms with Crippen molar-refractivity contribution < 1.29 is 18.6 Å². The fraction of sp³-hybridized carbons (Fsp3) is 0.143. The Morgan fingerprint density at radius 1 is 0.842 bits per heavy atom. The molecule has 19 heavy (non-hydrogen) atoms. The van der Waals surface area contributed by atoms with Crippen LogP contribution in [0.5, 0.6) is 11.5 Å². The van der Waals surface area contributed by atoms with Gasteiger partial charge in [-0.2, -0.15) is 0 Å². The van der Waals surface area contributed by atoms with Gasteiger partial charge in [-0.05, 0) is 61.4 Å². The number of hydrogen-bond acceptors (Lipinski definition) is 4. The summed E-state index contributed by atoms with van der Waals surface area (Å²) in [7, 11) is -3.66. The summed E-state index contributed by atoms with van der Waals surface area (Å²) in [5.74, 6) is 0.0535. The lowest BCUT2D eigenvalue weighted by Gasteiger charge is -2.11. The molecule has 0 bridgehead atoms. The smallest absolute Gasteiger partial charge is 0.207 e. The van der Waals surface area contributed by atoms with E-state index in [2.05, 4.69) is 0 Å². The van der Waals surface area contributed by atoms with Crippen molar-refractivity contribution >= 4 is 9.84 Å². The van der Waals surface area contributed by atoms with Gasteiger partial charge in [0.25, 0.3) is 0 Å². The molecule has 2 N–H and O–H groups in total. The molecule has 0 heterocycles. The highest BCUT2D eigenvalue weighted by Crippen LogP contribution is 2.30. The van der Waals surface area contributed by atoms with Crippen molar-refractivity contribution in [3.8, 4) is 11.5 Å². The first-order valence-electron chi connectivity index (χ1n) is 5.66. The second kappa shape index (κ2) is 4.59. The zero-order chi connectivity index (χ0) is 14.2. The molecule has 0 saturated heterocycles. The molecule has 0 saturated carbocycles. The molecule has 0 fully saturated rings. The molecule has 2 aromatic carbocycles. The third-order valence-electron chi connectivity index (χ3n) is 2.86. The predicted octanol–water partition coefficient (Wildman–Crippen LogP) is 2.55. The zero-order valence-corrected chi connectivity index (χ0v) is 11.4. The Bertz CT molecular complexity index is 693.